The normalized spacial score (nSPS) is 30.9. The third-order valence-electron chi connectivity index (χ3n) is 4.35. The summed E-state index contributed by atoms with van der Waals surface area (Å²) in [7, 11) is 0. The van der Waals surface area contributed by atoms with Crippen LogP contribution in [0.15, 0.2) is 28.7 Å². The third kappa shape index (κ3) is 3.11. The van der Waals surface area contributed by atoms with Crippen LogP contribution in [0.3, 0.4) is 0 Å². The van der Waals surface area contributed by atoms with Crippen molar-refractivity contribution in [3.05, 3.63) is 28.7 Å². The summed E-state index contributed by atoms with van der Waals surface area (Å²) in [5, 5.41) is 3.38. The fraction of sp³-hybridized carbons (Fsp3) is 0.533. The van der Waals surface area contributed by atoms with Gasteiger partial charge >= 0.3 is 0 Å². The van der Waals surface area contributed by atoms with Crippen molar-refractivity contribution in [1.82, 2.24) is 0 Å². The predicted octanol–water partition coefficient (Wildman–Crippen LogP) is 3.54. The SMILES string of the molecule is CC1CCC(Nc2cccc(Br)c2)(C(N)=O)CC1C. The molecule has 3 nitrogen and oxygen atoms in total. The van der Waals surface area contributed by atoms with E-state index < -0.39 is 5.54 Å². The van der Waals surface area contributed by atoms with Gasteiger partial charge in [-0.05, 0) is 49.3 Å². The first-order valence-corrected chi connectivity index (χ1v) is 7.56. The number of anilines is 1. The highest BCUT2D eigenvalue weighted by Crippen LogP contribution is 2.38. The molecular formula is C15H21BrN2O. The lowest BCUT2D eigenvalue weighted by molar-refractivity contribution is -0.124. The average Bonchev–Trinajstić information content (AvgIpc) is 2.34. The molecule has 3 unspecified atom stereocenters. The van der Waals surface area contributed by atoms with E-state index in [4.69, 9.17) is 5.73 Å². The quantitative estimate of drug-likeness (QED) is 0.893. The lowest BCUT2D eigenvalue weighted by Crippen LogP contribution is -2.54. The zero-order valence-electron chi connectivity index (χ0n) is 11.4. The summed E-state index contributed by atoms with van der Waals surface area (Å²) < 4.78 is 0.995. The molecule has 1 fully saturated rings. The standard InChI is InChI=1S/C15H21BrN2O/c1-10-6-7-15(14(17)19,9-11(10)2)18-13-5-3-4-12(16)8-13/h3-5,8,10-11,18H,6-7,9H2,1-2H3,(H2,17,19). The maximum atomic E-state index is 12.0. The van der Waals surface area contributed by atoms with Crippen molar-refractivity contribution in [2.45, 2.75) is 38.6 Å². The zero-order valence-corrected chi connectivity index (χ0v) is 13.0. The lowest BCUT2D eigenvalue weighted by atomic mass is 9.70. The van der Waals surface area contributed by atoms with Crippen LogP contribution in [0, 0.1) is 11.8 Å². The molecular weight excluding hydrogens is 304 g/mol. The summed E-state index contributed by atoms with van der Waals surface area (Å²) in [4.78, 5) is 12.0. The van der Waals surface area contributed by atoms with Gasteiger partial charge in [0.2, 0.25) is 5.91 Å². The van der Waals surface area contributed by atoms with Gasteiger partial charge in [0.05, 0.1) is 0 Å². The molecule has 1 amide bonds. The summed E-state index contributed by atoms with van der Waals surface area (Å²) >= 11 is 3.45. The molecule has 0 saturated heterocycles. The Labute approximate surface area is 123 Å². The summed E-state index contributed by atoms with van der Waals surface area (Å²) in [5.74, 6) is 0.906. The van der Waals surface area contributed by atoms with E-state index in [9.17, 15) is 4.79 Å². The molecule has 104 valence electrons. The van der Waals surface area contributed by atoms with Gasteiger partial charge in [0.25, 0.3) is 0 Å². The van der Waals surface area contributed by atoms with E-state index in [2.05, 4.69) is 35.1 Å². The highest BCUT2D eigenvalue weighted by molar-refractivity contribution is 9.10. The second-order valence-electron chi connectivity index (χ2n) is 5.78. The van der Waals surface area contributed by atoms with Crippen molar-refractivity contribution in [2.24, 2.45) is 17.6 Å². The minimum Gasteiger partial charge on any atom is -0.371 e. The van der Waals surface area contributed by atoms with Crippen LogP contribution in [0.1, 0.15) is 33.1 Å². The number of carbonyl (C=O) groups excluding carboxylic acids is 1. The van der Waals surface area contributed by atoms with Gasteiger partial charge < -0.3 is 11.1 Å². The maximum absolute atomic E-state index is 12.0. The second kappa shape index (κ2) is 5.53. The van der Waals surface area contributed by atoms with Crippen LogP contribution in [0.4, 0.5) is 5.69 Å². The Balaban J connectivity index is 2.23. The van der Waals surface area contributed by atoms with Crippen LogP contribution in [0.5, 0.6) is 0 Å². The molecule has 1 aromatic carbocycles. The first-order chi connectivity index (χ1) is 8.93. The minimum absolute atomic E-state index is 0.244. The summed E-state index contributed by atoms with van der Waals surface area (Å²) in [6.45, 7) is 4.44. The van der Waals surface area contributed by atoms with Crippen LogP contribution >= 0.6 is 15.9 Å². The first kappa shape index (κ1) is 14.4. The monoisotopic (exact) mass is 324 g/mol. The van der Waals surface area contributed by atoms with Gasteiger partial charge in [0, 0.05) is 10.2 Å². The number of nitrogens with two attached hydrogens (primary N) is 1. The first-order valence-electron chi connectivity index (χ1n) is 6.76. The fourth-order valence-electron chi connectivity index (χ4n) is 2.85. The van der Waals surface area contributed by atoms with Crippen LogP contribution in [-0.4, -0.2) is 11.4 Å². The van der Waals surface area contributed by atoms with Crippen LogP contribution in [-0.2, 0) is 4.79 Å². The molecule has 2 rings (SSSR count). The van der Waals surface area contributed by atoms with E-state index in [1.165, 1.54) is 0 Å². The fourth-order valence-corrected chi connectivity index (χ4v) is 3.25. The van der Waals surface area contributed by atoms with Crippen molar-refractivity contribution in [3.63, 3.8) is 0 Å². The Kier molecular flexibility index (Phi) is 4.19. The van der Waals surface area contributed by atoms with Crippen LogP contribution in [0.25, 0.3) is 0 Å². The Morgan fingerprint density at radius 1 is 1.42 bits per heavy atom. The van der Waals surface area contributed by atoms with Crippen molar-refractivity contribution in [3.8, 4) is 0 Å². The number of benzene rings is 1. The highest BCUT2D eigenvalue weighted by Gasteiger charge is 2.42. The Morgan fingerprint density at radius 2 is 2.16 bits per heavy atom. The molecule has 1 saturated carbocycles. The molecule has 0 radical (unpaired) electrons. The molecule has 3 atom stereocenters. The molecule has 1 aliphatic carbocycles. The highest BCUT2D eigenvalue weighted by atomic mass is 79.9. The Bertz CT molecular complexity index is 477. The number of amides is 1. The summed E-state index contributed by atoms with van der Waals surface area (Å²) in [6.07, 6.45) is 2.64. The molecule has 3 N–H and O–H groups in total. The van der Waals surface area contributed by atoms with Gasteiger partial charge in [0.15, 0.2) is 0 Å². The van der Waals surface area contributed by atoms with E-state index in [-0.39, 0.29) is 5.91 Å². The van der Waals surface area contributed by atoms with Crippen LogP contribution < -0.4 is 11.1 Å². The smallest absolute Gasteiger partial charge is 0.243 e. The number of hydrogen-bond donors (Lipinski definition) is 2. The topological polar surface area (TPSA) is 55.1 Å². The summed E-state index contributed by atoms with van der Waals surface area (Å²) in [6, 6.07) is 7.87. The second-order valence-corrected chi connectivity index (χ2v) is 6.69. The number of primary amides is 1. The Hall–Kier alpha value is -1.03. The molecule has 19 heavy (non-hydrogen) atoms. The molecule has 4 heteroatoms. The van der Waals surface area contributed by atoms with Crippen molar-refractivity contribution in [2.75, 3.05) is 5.32 Å². The van der Waals surface area contributed by atoms with Gasteiger partial charge in [-0.2, -0.15) is 0 Å². The van der Waals surface area contributed by atoms with Gasteiger partial charge in [-0.15, -0.1) is 0 Å². The van der Waals surface area contributed by atoms with Crippen molar-refractivity contribution in [1.29, 1.82) is 0 Å². The van der Waals surface area contributed by atoms with Gasteiger partial charge in [0.1, 0.15) is 5.54 Å². The van der Waals surface area contributed by atoms with Gasteiger partial charge in [-0.1, -0.05) is 35.8 Å². The molecule has 0 aliphatic heterocycles. The van der Waals surface area contributed by atoms with E-state index in [1.807, 2.05) is 24.3 Å². The molecule has 0 spiro atoms. The number of halogens is 1. The number of nitrogens with one attached hydrogen (secondary N) is 1. The average molecular weight is 325 g/mol. The third-order valence-corrected chi connectivity index (χ3v) is 4.84. The van der Waals surface area contributed by atoms with E-state index >= 15 is 0 Å². The largest absolute Gasteiger partial charge is 0.371 e. The van der Waals surface area contributed by atoms with Gasteiger partial charge in [-0.25, -0.2) is 0 Å². The molecule has 0 aromatic heterocycles. The van der Waals surface area contributed by atoms with E-state index in [0.29, 0.717) is 11.8 Å². The van der Waals surface area contributed by atoms with E-state index in [1.54, 1.807) is 0 Å². The summed E-state index contributed by atoms with van der Waals surface area (Å²) in [5.41, 5.74) is 6.02. The maximum Gasteiger partial charge on any atom is 0.243 e. The number of carbonyl (C=O) groups is 1. The predicted molar refractivity (Wildman–Crippen MR) is 81.9 cm³/mol. The molecule has 1 aliphatic rings. The van der Waals surface area contributed by atoms with E-state index in [0.717, 1.165) is 29.4 Å². The molecule has 1 aromatic rings. The Morgan fingerprint density at radius 3 is 2.74 bits per heavy atom. The molecule has 0 heterocycles. The van der Waals surface area contributed by atoms with Crippen molar-refractivity contribution >= 4 is 27.5 Å². The van der Waals surface area contributed by atoms with Crippen molar-refractivity contribution < 1.29 is 4.79 Å². The zero-order chi connectivity index (χ0) is 14.0. The lowest BCUT2D eigenvalue weighted by Gasteiger charge is -2.41. The minimum atomic E-state index is -0.604. The van der Waals surface area contributed by atoms with Crippen LogP contribution in [0.2, 0.25) is 0 Å². The number of hydrogen-bond acceptors (Lipinski definition) is 2. The number of rotatable bonds is 3. The molecule has 0 bridgehead atoms. The van der Waals surface area contributed by atoms with Gasteiger partial charge in [-0.3, -0.25) is 4.79 Å².